The first-order chi connectivity index (χ1) is 10.4. The van der Waals surface area contributed by atoms with Gasteiger partial charge in [-0.2, -0.15) is 0 Å². The summed E-state index contributed by atoms with van der Waals surface area (Å²) >= 11 is 0. The Morgan fingerprint density at radius 2 is 1.91 bits per heavy atom. The molecule has 118 valence electrons. The third kappa shape index (κ3) is 3.20. The number of nitrogens with two attached hydrogens (primary N) is 1. The Morgan fingerprint density at radius 1 is 1.18 bits per heavy atom. The van der Waals surface area contributed by atoms with E-state index in [9.17, 15) is 0 Å². The monoisotopic (exact) mass is 299 g/mol. The molecule has 2 atom stereocenters. The van der Waals surface area contributed by atoms with Gasteiger partial charge in [0.15, 0.2) is 0 Å². The van der Waals surface area contributed by atoms with Gasteiger partial charge >= 0.3 is 0 Å². The van der Waals surface area contributed by atoms with Gasteiger partial charge in [-0.15, -0.1) is 5.10 Å². The van der Waals surface area contributed by atoms with Crippen molar-refractivity contribution in [2.45, 2.75) is 44.8 Å². The lowest BCUT2D eigenvalue weighted by molar-refractivity contribution is 0.319. The molecule has 0 bridgehead atoms. The van der Waals surface area contributed by atoms with Gasteiger partial charge in [0.1, 0.15) is 0 Å². The SMILES string of the molecule is CC(C)(C)n1cc(CN2C[C@@H](N)[C@H](c3ccccc3)C2)nn1. The Labute approximate surface area is 132 Å². The summed E-state index contributed by atoms with van der Waals surface area (Å²) in [5.74, 6) is 0.402. The predicted octanol–water partition coefficient (Wildman–Crippen LogP) is 1.96. The average molecular weight is 299 g/mol. The zero-order valence-corrected chi connectivity index (χ0v) is 13.6. The maximum atomic E-state index is 6.35. The number of hydrogen-bond donors (Lipinski definition) is 1. The number of likely N-dealkylation sites (tertiary alicyclic amines) is 1. The molecular formula is C17H25N5. The van der Waals surface area contributed by atoms with Crippen molar-refractivity contribution in [3.8, 4) is 0 Å². The third-order valence-corrected chi connectivity index (χ3v) is 4.28. The van der Waals surface area contributed by atoms with Crippen LogP contribution in [0.4, 0.5) is 0 Å². The van der Waals surface area contributed by atoms with Crippen LogP contribution < -0.4 is 5.73 Å². The molecule has 5 nitrogen and oxygen atoms in total. The van der Waals surface area contributed by atoms with E-state index >= 15 is 0 Å². The highest BCUT2D eigenvalue weighted by molar-refractivity contribution is 5.23. The van der Waals surface area contributed by atoms with E-state index in [4.69, 9.17) is 5.73 Å². The van der Waals surface area contributed by atoms with Crippen molar-refractivity contribution in [2.75, 3.05) is 13.1 Å². The van der Waals surface area contributed by atoms with Crippen molar-refractivity contribution >= 4 is 0 Å². The van der Waals surface area contributed by atoms with Gasteiger partial charge in [0.25, 0.3) is 0 Å². The molecule has 0 radical (unpaired) electrons. The van der Waals surface area contributed by atoms with Crippen LogP contribution in [0, 0.1) is 0 Å². The number of benzene rings is 1. The highest BCUT2D eigenvalue weighted by Crippen LogP contribution is 2.27. The van der Waals surface area contributed by atoms with Gasteiger partial charge in [0, 0.05) is 31.6 Å². The quantitative estimate of drug-likeness (QED) is 0.941. The number of hydrogen-bond acceptors (Lipinski definition) is 4. The number of nitrogens with zero attached hydrogens (tertiary/aromatic N) is 4. The van der Waals surface area contributed by atoms with E-state index < -0.39 is 0 Å². The maximum Gasteiger partial charge on any atom is 0.0967 e. The lowest BCUT2D eigenvalue weighted by Crippen LogP contribution is -2.28. The fourth-order valence-corrected chi connectivity index (χ4v) is 3.02. The summed E-state index contributed by atoms with van der Waals surface area (Å²) in [4.78, 5) is 2.37. The topological polar surface area (TPSA) is 60.0 Å². The molecule has 3 rings (SSSR count). The van der Waals surface area contributed by atoms with Gasteiger partial charge < -0.3 is 5.73 Å². The molecule has 1 aliphatic heterocycles. The molecule has 2 heterocycles. The fourth-order valence-electron chi connectivity index (χ4n) is 3.02. The first-order valence-corrected chi connectivity index (χ1v) is 7.88. The lowest BCUT2D eigenvalue weighted by Gasteiger charge is -2.17. The van der Waals surface area contributed by atoms with E-state index in [1.54, 1.807) is 0 Å². The molecule has 0 spiro atoms. The van der Waals surface area contributed by atoms with Gasteiger partial charge in [-0.25, -0.2) is 4.68 Å². The van der Waals surface area contributed by atoms with Crippen LogP contribution in [0.1, 0.15) is 37.9 Å². The van der Waals surface area contributed by atoms with Crippen LogP contribution in [0.2, 0.25) is 0 Å². The normalized spacial score (nSPS) is 23.1. The molecule has 1 aromatic heterocycles. The zero-order valence-electron chi connectivity index (χ0n) is 13.6. The molecule has 1 saturated heterocycles. The largest absolute Gasteiger partial charge is 0.326 e. The van der Waals surface area contributed by atoms with E-state index in [0.29, 0.717) is 5.92 Å². The number of rotatable bonds is 3. The highest BCUT2D eigenvalue weighted by atomic mass is 15.4. The van der Waals surface area contributed by atoms with Crippen molar-refractivity contribution in [2.24, 2.45) is 5.73 Å². The summed E-state index contributed by atoms with van der Waals surface area (Å²) in [6.07, 6.45) is 2.04. The molecule has 5 heteroatoms. The first-order valence-electron chi connectivity index (χ1n) is 7.88. The van der Waals surface area contributed by atoms with Gasteiger partial charge in [-0.1, -0.05) is 35.5 Å². The van der Waals surface area contributed by atoms with Crippen molar-refractivity contribution in [3.63, 3.8) is 0 Å². The molecule has 0 unspecified atom stereocenters. The molecule has 1 fully saturated rings. The van der Waals surface area contributed by atoms with E-state index in [2.05, 4.69) is 60.2 Å². The minimum absolute atomic E-state index is 0.0285. The minimum Gasteiger partial charge on any atom is -0.326 e. The molecule has 22 heavy (non-hydrogen) atoms. The Hall–Kier alpha value is -1.72. The van der Waals surface area contributed by atoms with Gasteiger partial charge in [-0.3, -0.25) is 4.90 Å². The van der Waals surface area contributed by atoms with Crippen molar-refractivity contribution < 1.29 is 0 Å². The highest BCUT2D eigenvalue weighted by Gasteiger charge is 2.31. The van der Waals surface area contributed by atoms with E-state index in [1.807, 2.05) is 16.9 Å². The number of aromatic nitrogens is 3. The fraction of sp³-hybridized carbons (Fsp3) is 0.529. The van der Waals surface area contributed by atoms with Crippen LogP contribution in [0.15, 0.2) is 36.5 Å². The standard InChI is InChI=1S/C17H25N5/c1-17(2,3)22-10-14(19-20-22)9-21-11-15(16(18)12-21)13-7-5-4-6-8-13/h4-8,10,15-16H,9,11-12,18H2,1-3H3/t15-,16+/m0/s1. The lowest BCUT2D eigenvalue weighted by atomic mass is 9.95. The Morgan fingerprint density at radius 3 is 2.55 bits per heavy atom. The van der Waals surface area contributed by atoms with E-state index in [-0.39, 0.29) is 11.6 Å². The molecule has 0 amide bonds. The summed E-state index contributed by atoms with van der Waals surface area (Å²) in [5, 5.41) is 8.53. The Bertz CT molecular complexity index is 613. The van der Waals surface area contributed by atoms with Crippen molar-refractivity contribution in [3.05, 3.63) is 47.8 Å². The second-order valence-corrected chi connectivity index (χ2v) is 7.20. The van der Waals surface area contributed by atoms with Crippen molar-refractivity contribution in [1.29, 1.82) is 0 Å². The maximum absolute atomic E-state index is 6.35. The molecule has 1 aliphatic rings. The van der Waals surface area contributed by atoms with Crippen LogP contribution in [0.5, 0.6) is 0 Å². The smallest absolute Gasteiger partial charge is 0.0967 e. The van der Waals surface area contributed by atoms with Crippen LogP contribution in [0.25, 0.3) is 0 Å². The molecular weight excluding hydrogens is 274 g/mol. The molecule has 0 saturated carbocycles. The predicted molar refractivity (Wildman–Crippen MR) is 87.5 cm³/mol. The summed E-state index contributed by atoms with van der Waals surface area (Å²) in [7, 11) is 0. The third-order valence-electron chi connectivity index (χ3n) is 4.28. The van der Waals surface area contributed by atoms with Crippen molar-refractivity contribution in [1.82, 2.24) is 19.9 Å². The molecule has 1 aromatic carbocycles. The summed E-state index contributed by atoms with van der Waals surface area (Å²) < 4.78 is 1.92. The molecule has 0 aliphatic carbocycles. The van der Waals surface area contributed by atoms with Gasteiger partial charge in [0.2, 0.25) is 0 Å². The minimum atomic E-state index is -0.0285. The van der Waals surface area contributed by atoms with Crippen LogP contribution >= 0.6 is 0 Å². The Balaban J connectivity index is 1.66. The first kappa shape index (κ1) is 15.2. The van der Waals surface area contributed by atoms with E-state index in [1.165, 1.54) is 5.56 Å². The molecule has 2 aromatic rings. The second kappa shape index (κ2) is 5.82. The summed E-state index contributed by atoms with van der Waals surface area (Å²) in [5.41, 5.74) is 8.66. The zero-order chi connectivity index (χ0) is 15.7. The second-order valence-electron chi connectivity index (χ2n) is 7.20. The Kier molecular flexibility index (Phi) is 4.02. The average Bonchev–Trinajstić information content (AvgIpc) is 3.07. The van der Waals surface area contributed by atoms with Gasteiger partial charge in [0.05, 0.1) is 17.4 Å². The molecule has 2 N–H and O–H groups in total. The summed E-state index contributed by atoms with van der Waals surface area (Å²) in [6.45, 7) is 9.08. The van der Waals surface area contributed by atoms with Crippen LogP contribution in [-0.2, 0) is 12.1 Å². The van der Waals surface area contributed by atoms with Crippen LogP contribution in [-0.4, -0.2) is 39.0 Å². The van der Waals surface area contributed by atoms with E-state index in [0.717, 1.165) is 25.3 Å². The van der Waals surface area contributed by atoms with Crippen LogP contribution in [0.3, 0.4) is 0 Å². The summed E-state index contributed by atoms with van der Waals surface area (Å²) in [6, 6.07) is 10.7. The van der Waals surface area contributed by atoms with Gasteiger partial charge in [-0.05, 0) is 26.3 Å².